The van der Waals surface area contributed by atoms with Gasteiger partial charge in [-0.3, -0.25) is 0 Å². The predicted molar refractivity (Wildman–Crippen MR) is 29.2 cm³/mol. The lowest BCUT2D eigenvalue weighted by atomic mass is 11.0. The quantitative estimate of drug-likeness (QED) is 0.435. The van der Waals surface area contributed by atoms with Crippen LogP contribution in [-0.4, -0.2) is 9.52 Å². The zero-order chi connectivity index (χ0) is 4.12. The Balaban J connectivity index is 2.40. The van der Waals surface area contributed by atoms with Crippen molar-refractivity contribution in [1.82, 2.24) is 0 Å². The van der Waals surface area contributed by atoms with Crippen LogP contribution in [0.5, 0.6) is 0 Å². The first-order valence-electron chi connectivity index (χ1n) is 2.02. The van der Waals surface area contributed by atoms with E-state index in [1.165, 1.54) is 6.04 Å². The van der Waals surface area contributed by atoms with Crippen LogP contribution in [0.3, 0.4) is 0 Å². The first kappa shape index (κ1) is 4.96. The topological polar surface area (TPSA) is 0 Å². The normalized spacial score (nSPS) is 9.80. The van der Waals surface area contributed by atoms with Gasteiger partial charge in [0.15, 0.2) is 0 Å². The molecule has 0 nitrogen and oxygen atoms in total. The van der Waals surface area contributed by atoms with Crippen LogP contribution in [0.4, 0.5) is 0 Å². The van der Waals surface area contributed by atoms with Crippen molar-refractivity contribution in [1.29, 1.82) is 0 Å². The van der Waals surface area contributed by atoms with Gasteiger partial charge < -0.3 is 0 Å². The molecule has 0 aromatic carbocycles. The van der Waals surface area contributed by atoms with E-state index in [2.05, 4.69) is 19.2 Å². The molecule has 0 rings (SSSR count). The SMILES string of the molecule is C=C[SiH2]CC. The number of hydrogen-bond acceptors (Lipinski definition) is 0. The van der Waals surface area contributed by atoms with Crippen molar-refractivity contribution in [2.45, 2.75) is 13.0 Å². The minimum atomic E-state index is 0.196. The van der Waals surface area contributed by atoms with Crippen LogP contribution in [0, 0.1) is 0 Å². The first-order valence-corrected chi connectivity index (χ1v) is 3.84. The molecule has 0 bridgehead atoms. The third kappa shape index (κ3) is 3.96. The highest BCUT2D eigenvalue weighted by Crippen LogP contribution is 1.68. The summed E-state index contributed by atoms with van der Waals surface area (Å²) in [5, 5.41) is 0. The van der Waals surface area contributed by atoms with Crippen LogP contribution in [0.2, 0.25) is 6.04 Å². The summed E-state index contributed by atoms with van der Waals surface area (Å²) < 4.78 is 0. The van der Waals surface area contributed by atoms with Crippen LogP contribution in [0.1, 0.15) is 6.92 Å². The van der Waals surface area contributed by atoms with Crippen LogP contribution in [0.25, 0.3) is 0 Å². The molecule has 0 saturated heterocycles. The van der Waals surface area contributed by atoms with Gasteiger partial charge in [-0.05, 0) is 0 Å². The Morgan fingerprint density at radius 3 is 2.60 bits per heavy atom. The van der Waals surface area contributed by atoms with Gasteiger partial charge in [0.2, 0.25) is 0 Å². The van der Waals surface area contributed by atoms with Crippen molar-refractivity contribution in [3.8, 4) is 0 Å². The van der Waals surface area contributed by atoms with Crippen molar-refractivity contribution in [2.75, 3.05) is 0 Å². The molecular formula is C4H10Si. The molecule has 0 heterocycles. The summed E-state index contributed by atoms with van der Waals surface area (Å²) in [6, 6.07) is 1.36. The Morgan fingerprint density at radius 2 is 2.60 bits per heavy atom. The average molecular weight is 86.2 g/mol. The molecular weight excluding hydrogens is 76.1 g/mol. The van der Waals surface area contributed by atoms with Crippen LogP contribution in [-0.2, 0) is 0 Å². The van der Waals surface area contributed by atoms with E-state index in [0.717, 1.165) is 0 Å². The lowest BCUT2D eigenvalue weighted by molar-refractivity contribution is 1.46. The molecule has 1 heteroatoms. The van der Waals surface area contributed by atoms with Crippen LogP contribution in [0.15, 0.2) is 12.3 Å². The molecule has 30 valence electrons. The van der Waals surface area contributed by atoms with Gasteiger partial charge in [-0.25, -0.2) is 0 Å². The maximum atomic E-state index is 3.61. The molecule has 0 N–H and O–H groups in total. The van der Waals surface area contributed by atoms with E-state index in [4.69, 9.17) is 0 Å². The molecule has 0 amide bonds. The van der Waals surface area contributed by atoms with E-state index >= 15 is 0 Å². The zero-order valence-electron chi connectivity index (χ0n) is 3.70. The molecule has 5 heavy (non-hydrogen) atoms. The fourth-order valence-corrected chi connectivity index (χ4v) is 0.612. The van der Waals surface area contributed by atoms with Gasteiger partial charge in [0, 0.05) is 9.52 Å². The van der Waals surface area contributed by atoms with Crippen molar-refractivity contribution < 1.29 is 0 Å². The van der Waals surface area contributed by atoms with Crippen molar-refractivity contribution >= 4 is 9.52 Å². The molecule has 0 aromatic heterocycles. The minimum absolute atomic E-state index is 0.196. The van der Waals surface area contributed by atoms with Gasteiger partial charge in [0.25, 0.3) is 0 Å². The van der Waals surface area contributed by atoms with Gasteiger partial charge in [-0.15, -0.1) is 12.3 Å². The van der Waals surface area contributed by atoms with Crippen molar-refractivity contribution in [3.63, 3.8) is 0 Å². The summed E-state index contributed by atoms with van der Waals surface area (Å²) in [4.78, 5) is 0. The minimum Gasteiger partial charge on any atom is -0.109 e. The largest absolute Gasteiger partial charge is 0.109 e. The average Bonchev–Trinajstić information content (AvgIpc) is 1.41. The lowest BCUT2D eigenvalue weighted by Gasteiger charge is -1.70. The highest BCUT2D eigenvalue weighted by Gasteiger charge is 1.64. The van der Waals surface area contributed by atoms with Crippen LogP contribution < -0.4 is 0 Å². The van der Waals surface area contributed by atoms with Gasteiger partial charge in [-0.2, -0.15) is 0 Å². The predicted octanol–water partition coefficient (Wildman–Crippen LogP) is 0.737. The summed E-state index contributed by atoms with van der Waals surface area (Å²) in [5.41, 5.74) is 2.07. The summed E-state index contributed by atoms with van der Waals surface area (Å²) >= 11 is 0. The van der Waals surface area contributed by atoms with E-state index in [9.17, 15) is 0 Å². The number of rotatable bonds is 2. The standard InChI is InChI=1S/C4H10Si/c1-3-5-4-2/h3H,1,4-5H2,2H3. The highest BCUT2D eigenvalue weighted by molar-refractivity contribution is 6.41. The Labute approximate surface area is 35.7 Å². The second-order valence-electron chi connectivity index (χ2n) is 1.08. The van der Waals surface area contributed by atoms with Gasteiger partial charge in [0.05, 0.1) is 0 Å². The molecule has 0 fully saturated rings. The molecule has 0 spiro atoms. The third-order valence-corrected chi connectivity index (χ3v) is 1.48. The number of hydrogen-bond donors (Lipinski definition) is 0. The monoisotopic (exact) mass is 86.1 g/mol. The fraction of sp³-hybridized carbons (Fsp3) is 0.500. The third-order valence-electron chi connectivity index (χ3n) is 0.493. The molecule has 0 aliphatic rings. The summed E-state index contributed by atoms with van der Waals surface area (Å²) in [5.74, 6) is 0. The molecule has 0 aliphatic carbocycles. The van der Waals surface area contributed by atoms with E-state index < -0.39 is 0 Å². The summed E-state index contributed by atoms with van der Waals surface area (Å²) in [7, 11) is 0.196. The Bertz CT molecular complexity index is 24.8. The molecule has 0 aromatic rings. The first-order chi connectivity index (χ1) is 2.41. The van der Waals surface area contributed by atoms with Gasteiger partial charge in [-0.1, -0.05) is 13.0 Å². The van der Waals surface area contributed by atoms with Crippen molar-refractivity contribution in [3.05, 3.63) is 12.3 Å². The lowest BCUT2D eigenvalue weighted by Crippen LogP contribution is -1.72. The second-order valence-corrected chi connectivity index (χ2v) is 3.23. The highest BCUT2D eigenvalue weighted by atomic mass is 28.2. The smallest absolute Gasteiger partial charge is 0.0443 e. The Kier molecular flexibility index (Phi) is 3.92. The van der Waals surface area contributed by atoms with Gasteiger partial charge >= 0.3 is 0 Å². The van der Waals surface area contributed by atoms with E-state index in [0.29, 0.717) is 0 Å². The zero-order valence-corrected chi connectivity index (χ0v) is 5.11. The Morgan fingerprint density at radius 1 is 2.00 bits per heavy atom. The van der Waals surface area contributed by atoms with E-state index in [1.54, 1.807) is 0 Å². The van der Waals surface area contributed by atoms with Crippen LogP contribution >= 0.6 is 0 Å². The van der Waals surface area contributed by atoms with Gasteiger partial charge in [0.1, 0.15) is 0 Å². The summed E-state index contributed by atoms with van der Waals surface area (Å²) in [6.07, 6.45) is 0. The fourth-order valence-electron chi connectivity index (χ4n) is 0.204. The van der Waals surface area contributed by atoms with E-state index in [-0.39, 0.29) is 9.52 Å². The molecule has 0 saturated carbocycles. The molecule has 0 atom stereocenters. The Hall–Kier alpha value is -0.0431. The summed E-state index contributed by atoms with van der Waals surface area (Å²) in [6.45, 7) is 5.81. The molecule has 0 aliphatic heterocycles. The second kappa shape index (κ2) is 3.96. The molecule has 0 radical (unpaired) electrons. The maximum absolute atomic E-state index is 3.61. The maximum Gasteiger partial charge on any atom is 0.0443 e. The van der Waals surface area contributed by atoms with Crippen molar-refractivity contribution in [2.24, 2.45) is 0 Å². The molecule has 0 unspecified atom stereocenters. The van der Waals surface area contributed by atoms with E-state index in [1.807, 2.05) is 0 Å².